The van der Waals surface area contributed by atoms with E-state index in [1.807, 2.05) is 0 Å². The van der Waals surface area contributed by atoms with Crippen LogP contribution in [0.4, 0.5) is 0 Å². The van der Waals surface area contributed by atoms with Crippen molar-refractivity contribution in [3.05, 3.63) is 0 Å². The Hall–Kier alpha value is -0.560. The van der Waals surface area contributed by atoms with Gasteiger partial charge in [0, 0.05) is 26.2 Å². The number of rotatable bonds is 2. The van der Waals surface area contributed by atoms with E-state index >= 15 is 0 Å². The predicted octanol–water partition coefficient (Wildman–Crippen LogP) is -1.61. The Labute approximate surface area is 71.2 Å². The molecule has 2 fully saturated rings. The Morgan fingerprint density at radius 3 is 1.33 bits per heavy atom. The molecule has 0 aromatic heterocycles. The van der Waals surface area contributed by atoms with Crippen LogP contribution in [-0.4, -0.2) is 38.8 Å². The van der Waals surface area contributed by atoms with E-state index < -0.39 is 0 Å². The third-order valence-electron chi connectivity index (χ3n) is 1.90. The van der Waals surface area contributed by atoms with Crippen LogP contribution in [0.1, 0.15) is 0 Å². The van der Waals surface area contributed by atoms with Crippen LogP contribution in [0.5, 0.6) is 0 Å². The van der Waals surface area contributed by atoms with Crippen molar-refractivity contribution in [3.63, 3.8) is 0 Å². The summed E-state index contributed by atoms with van der Waals surface area (Å²) < 4.78 is 0. The predicted molar refractivity (Wildman–Crippen MR) is 44.4 cm³/mol. The van der Waals surface area contributed by atoms with Crippen molar-refractivity contribution >= 4 is 0 Å². The van der Waals surface area contributed by atoms with Crippen LogP contribution in [0.3, 0.4) is 0 Å². The molecule has 2 saturated heterocycles. The summed E-state index contributed by atoms with van der Waals surface area (Å²) in [6, 6.07) is 0. The molecule has 2 aliphatic rings. The molecule has 0 aromatic rings. The second kappa shape index (κ2) is 3.90. The number of nitrogens with one attached hydrogen (secondary N) is 4. The first-order valence-corrected chi connectivity index (χ1v) is 4.29. The van der Waals surface area contributed by atoms with E-state index in [0.29, 0.717) is 0 Å². The van der Waals surface area contributed by atoms with E-state index in [9.17, 15) is 0 Å². The molecule has 0 aliphatic carbocycles. The lowest BCUT2D eigenvalue weighted by Gasteiger charge is -2.05. The minimum atomic E-state index is 0.00852. The van der Waals surface area contributed by atoms with E-state index in [-0.39, 0.29) is 12.6 Å². The zero-order chi connectivity index (χ0) is 8.23. The van der Waals surface area contributed by atoms with Crippen LogP contribution in [0.15, 0.2) is 10.2 Å². The second-order valence-electron chi connectivity index (χ2n) is 2.85. The maximum absolute atomic E-state index is 4.08. The van der Waals surface area contributed by atoms with E-state index in [0.717, 1.165) is 26.2 Å². The number of nitrogens with zero attached hydrogens (tertiary/aromatic N) is 2. The van der Waals surface area contributed by atoms with Crippen LogP contribution < -0.4 is 21.3 Å². The molecule has 6 nitrogen and oxygen atoms in total. The van der Waals surface area contributed by atoms with E-state index in [1.165, 1.54) is 0 Å². The molecule has 0 spiro atoms. The SMILES string of the molecule is C1CNC(N=NC2NCCN2)N1. The Balaban J connectivity index is 1.75. The molecule has 0 unspecified atom stereocenters. The molecule has 2 aliphatic heterocycles. The van der Waals surface area contributed by atoms with Gasteiger partial charge in [-0.05, 0) is 0 Å². The Kier molecular flexibility index (Phi) is 2.62. The van der Waals surface area contributed by atoms with Crippen molar-refractivity contribution in [1.29, 1.82) is 0 Å². The number of hydrogen-bond acceptors (Lipinski definition) is 6. The fourth-order valence-corrected chi connectivity index (χ4v) is 1.28. The largest absolute Gasteiger partial charge is 0.281 e. The monoisotopic (exact) mass is 170 g/mol. The zero-order valence-corrected chi connectivity index (χ0v) is 6.88. The third kappa shape index (κ3) is 1.98. The average Bonchev–Trinajstić information content (AvgIpc) is 2.74. The lowest BCUT2D eigenvalue weighted by molar-refractivity contribution is 0.482. The van der Waals surface area contributed by atoms with Gasteiger partial charge >= 0.3 is 0 Å². The van der Waals surface area contributed by atoms with Gasteiger partial charge in [-0.15, -0.1) is 0 Å². The zero-order valence-electron chi connectivity index (χ0n) is 6.88. The fourth-order valence-electron chi connectivity index (χ4n) is 1.28. The topological polar surface area (TPSA) is 72.8 Å². The van der Waals surface area contributed by atoms with Crippen molar-refractivity contribution < 1.29 is 0 Å². The third-order valence-corrected chi connectivity index (χ3v) is 1.90. The van der Waals surface area contributed by atoms with Gasteiger partial charge in [-0.1, -0.05) is 0 Å². The molecule has 68 valence electrons. The lowest BCUT2D eigenvalue weighted by Crippen LogP contribution is -2.32. The highest BCUT2D eigenvalue weighted by Crippen LogP contribution is 1.93. The van der Waals surface area contributed by atoms with E-state index in [1.54, 1.807) is 0 Å². The van der Waals surface area contributed by atoms with Crippen molar-refractivity contribution in [1.82, 2.24) is 21.3 Å². The molecule has 0 atom stereocenters. The Morgan fingerprint density at radius 1 is 0.667 bits per heavy atom. The first kappa shape index (κ1) is 8.06. The number of hydrogen-bond donors (Lipinski definition) is 4. The van der Waals surface area contributed by atoms with Crippen LogP contribution in [0.25, 0.3) is 0 Å². The van der Waals surface area contributed by atoms with Gasteiger partial charge in [-0.2, -0.15) is 10.2 Å². The van der Waals surface area contributed by atoms with Crippen LogP contribution in [-0.2, 0) is 0 Å². The van der Waals surface area contributed by atoms with Gasteiger partial charge in [-0.3, -0.25) is 21.3 Å². The molecule has 12 heavy (non-hydrogen) atoms. The molecule has 2 rings (SSSR count). The normalized spacial score (nSPS) is 27.7. The molecular weight excluding hydrogens is 156 g/mol. The van der Waals surface area contributed by atoms with Gasteiger partial charge in [0.1, 0.15) is 0 Å². The minimum Gasteiger partial charge on any atom is -0.281 e. The van der Waals surface area contributed by atoms with Crippen LogP contribution in [0.2, 0.25) is 0 Å². The van der Waals surface area contributed by atoms with Crippen molar-refractivity contribution in [2.24, 2.45) is 10.2 Å². The highest BCUT2D eigenvalue weighted by molar-refractivity contribution is 4.72. The maximum Gasteiger partial charge on any atom is 0.174 e. The van der Waals surface area contributed by atoms with Crippen LogP contribution >= 0.6 is 0 Å². The van der Waals surface area contributed by atoms with Crippen molar-refractivity contribution in [2.75, 3.05) is 26.2 Å². The van der Waals surface area contributed by atoms with Crippen molar-refractivity contribution in [2.45, 2.75) is 12.6 Å². The first-order chi connectivity index (χ1) is 5.95. The Morgan fingerprint density at radius 2 is 1.00 bits per heavy atom. The summed E-state index contributed by atoms with van der Waals surface area (Å²) in [5, 5.41) is 20.8. The quantitative estimate of drug-likeness (QED) is 0.376. The highest BCUT2D eigenvalue weighted by atomic mass is 15.4. The van der Waals surface area contributed by atoms with Gasteiger partial charge in [0.15, 0.2) is 12.6 Å². The summed E-state index contributed by atoms with van der Waals surface area (Å²) in [4.78, 5) is 0. The maximum atomic E-state index is 4.08. The van der Waals surface area contributed by atoms with Gasteiger partial charge in [0.2, 0.25) is 0 Å². The second-order valence-corrected chi connectivity index (χ2v) is 2.85. The van der Waals surface area contributed by atoms with Crippen LogP contribution in [0, 0.1) is 0 Å². The standard InChI is InChI=1S/C6H14N6/c1-2-8-5(7-1)11-12-6-9-3-4-10-6/h5-10H,1-4H2. The van der Waals surface area contributed by atoms with Gasteiger partial charge < -0.3 is 0 Å². The summed E-state index contributed by atoms with van der Waals surface area (Å²) in [5.41, 5.74) is 0. The summed E-state index contributed by atoms with van der Waals surface area (Å²) in [6.45, 7) is 3.87. The molecule has 0 aromatic carbocycles. The summed E-state index contributed by atoms with van der Waals surface area (Å²) >= 11 is 0. The molecule has 6 heteroatoms. The molecule has 2 heterocycles. The van der Waals surface area contributed by atoms with E-state index in [2.05, 4.69) is 31.5 Å². The average molecular weight is 170 g/mol. The summed E-state index contributed by atoms with van der Waals surface area (Å²) in [5.74, 6) is 0. The fraction of sp³-hybridized carbons (Fsp3) is 1.00. The summed E-state index contributed by atoms with van der Waals surface area (Å²) in [7, 11) is 0. The first-order valence-electron chi connectivity index (χ1n) is 4.29. The highest BCUT2D eigenvalue weighted by Gasteiger charge is 2.14. The van der Waals surface area contributed by atoms with Crippen molar-refractivity contribution in [3.8, 4) is 0 Å². The lowest BCUT2D eigenvalue weighted by atomic mass is 10.7. The molecule has 0 saturated carbocycles. The molecular formula is C6H14N6. The molecule has 4 N–H and O–H groups in total. The molecule has 0 radical (unpaired) electrons. The number of azo groups is 1. The molecule has 0 bridgehead atoms. The summed E-state index contributed by atoms with van der Waals surface area (Å²) in [6.07, 6.45) is 0.0170. The smallest absolute Gasteiger partial charge is 0.174 e. The minimum absolute atomic E-state index is 0.00852. The van der Waals surface area contributed by atoms with E-state index in [4.69, 9.17) is 0 Å². The Bertz CT molecular complexity index is 139. The van der Waals surface area contributed by atoms with Gasteiger partial charge in [-0.25, -0.2) is 0 Å². The van der Waals surface area contributed by atoms with Gasteiger partial charge in [0.05, 0.1) is 0 Å². The van der Waals surface area contributed by atoms with Gasteiger partial charge in [0.25, 0.3) is 0 Å². The molecule has 0 amide bonds.